The number of rotatable bonds is 4. The van der Waals surface area contributed by atoms with E-state index < -0.39 is 37.2 Å². The fourth-order valence-corrected chi connectivity index (χ4v) is 1.42. The molecule has 1 rings (SSSR count). The molecule has 0 radical (unpaired) electrons. The van der Waals surface area contributed by atoms with E-state index in [1.54, 1.807) is 0 Å². The molecule has 0 atom stereocenters. The molecule has 0 aliphatic heterocycles. The molecule has 1 aromatic carbocycles. The van der Waals surface area contributed by atoms with Crippen molar-refractivity contribution in [2.45, 2.75) is 6.17 Å². The van der Waals surface area contributed by atoms with Crippen molar-refractivity contribution in [2.24, 2.45) is 0 Å². The van der Waals surface area contributed by atoms with Crippen LogP contribution in [0.3, 0.4) is 0 Å². The number of nitro benzene ring substituents is 1. The number of non-ortho nitro benzene ring substituents is 1. The van der Waals surface area contributed by atoms with Crippen LogP contribution in [0.15, 0.2) is 18.2 Å². The molecule has 0 N–H and O–H groups in total. The summed E-state index contributed by atoms with van der Waals surface area (Å²) in [6, 6.07) is 2.65. The second-order valence-corrected chi connectivity index (χ2v) is 3.31. The summed E-state index contributed by atoms with van der Waals surface area (Å²) in [5, 5.41) is 31.0. The zero-order valence-corrected chi connectivity index (χ0v) is 8.73. The van der Waals surface area contributed by atoms with Crippen molar-refractivity contribution in [3.63, 3.8) is 0 Å². The summed E-state index contributed by atoms with van der Waals surface area (Å²) in [6.07, 6.45) is -2.23. The van der Waals surface area contributed by atoms with Crippen molar-refractivity contribution >= 4 is 17.3 Å². The molecule has 0 saturated heterocycles. The monoisotopic (exact) mass is 261 g/mol. The first-order chi connectivity index (χ1) is 7.84. The molecule has 1 aromatic rings. The van der Waals surface area contributed by atoms with E-state index in [-0.39, 0.29) is 0 Å². The molecule has 0 aliphatic rings. The van der Waals surface area contributed by atoms with E-state index in [4.69, 9.17) is 11.6 Å². The summed E-state index contributed by atoms with van der Waals surface area (Å²) < 4.78 is 0. The van der Waals surface area contributed by atoms with Crippen LogP contribution >= 0.6 is 11.6 Å². The van der Waals surface area contributed by atoms with Gasteiger partial charge in [-0.2, -0.15) is 0 Å². The summed E-state index contributed by atoms with van der Waals surface area (Å²) in [6.45, 7) is 0. The molecule has 0 fully saturated rings. The SMILES string of the molecule is O=[N+]([O-])c1ccc(C([N+](=O)[O-])[N+](=O)[O-])c(Cl)c1. The number of hydrogen-bond donors (Lipinski definition) is 0. The van der Waals surface area contributed by atoms with E-state index >= 15 is 0 Å². The van der Waals surface area contributed by atoms with Crippen LogP contribution in [0.4, 0.5) is 5.69 Å². The van der Waals surface area contributed by atoms with Crippen LogP contribution < -0.4 is 0 Å². The largest absolute Gasteiger partial charge is 0.478 e. The van der Waals surface area contributed by atoms with Crippen LogP contribution in [0.25, 0.3) is 0 Å². The van der Waals surface area contributed by atoms with Gasteiger partial charge in [0.05, 0.1) is 9.95 Å². The van der Waals surface area contributed by atoms with Crippen molar-refractivity contribution in [3.8, 4) is 0 Å². The molecule has 0 unspecified atom stereocenters. The number of hydrogen-bond acceptors (Lipinski definition) is 6. The van der Waals surface area contributed by atoms with Gasteiger partial charge in [0.2, 0.25) is 0 Å². The van der Waals surface area contributed by atoms with Gasteiger partial charge >= 0.3 is 6.17 Å². The molecule has 0 spiro atoms. The molecule has 90 valence electrons. The minimum Gasteiger partial charge on any atom is -0.258 e. The third-order valence-corrected chi connectivity index (χ3v) is 2.20. The van der Waals surface area contributed by atoms with Gasteiger partial charge in [-0.1, -0.05) is 11.6 Å². The Kier molecular flexibility index (Phi) is 3.53. The van der Waals surface area contributed by atoms with Crippen LogP contribution in [-0.4, -0.2) is 14.8 Å². The summed E-state index contributed by atoms with van der Waals surface area (Å²) in [7, 11) is 0. The summed E-state index contributed by atoms with van der Waals surface area (Å²) in [5.74, 6) is 0. The maximum Gasteiger partial charge on any atom is 0.478 e. The number of nitrogens with zero attached hydrogens (tertiary/aromatic N) is 3. The summed E-state index contributed by atoms with van der Waals surface area (Å²) in [5.41, 5.74) is -0.795. The highest BCUT2D eigenvalue weighted by molar-refractivity contribution is 6.31. The molecule has 9 nitrogen and oxygen atoms in total. The number of benzene rings is 1. The van der Waals surface area contributed by atoms with E-state index in [9.17, 15) is 30.3 Å². The maximum atomic E-state index is 10.5. The lowest BCUT2D eigenvalue weighted by Gasteiger charge is -2.03. The van der Waals surface area contributed by atoms with Crippen molar-refractivity contribution < 1.29 is 14.8 Å². The molecule has 17 heavy (non-hydrogen) atoms. The van der Waals surface area contributed by atoms with E-state index in [1.165, 1.54) is 0 Å². The highest BCUT2D eigenvalue weighted by atomic mass is 35.5. The Hall–Kier alpha value is -2.29. The predicted octanol–water partition coefficient (Wildman–Crippen LogP) is 1.80. The lowest BCUT2D eigenvalue weighted by Crippen LogP contribution is -2.20. The van der Waals surface area contributed by atoms with Gasteiger partial charge in [0.15, 0.2) is 0 Å². The Bertz CT molecular complexity index is 490. The molecule has 0 aromatic heterocycles. The van der Waals surface area contributed by atoms with Gasteiger partial charge < -0.3 is 0 Å². The van der Waals surface area contributed by atoms with Crippen molar-refractivity contribution in [1.29, 1.82) is 0 Å². The first-order valence-electron chi connectivity index (χ1n) is 4.05. The number of halogens is 1. The smallest absolute Gasteiger partial charge is 0.258 e. The maximum absolute atomic E-state index is 10.5. The van der Waals surface area contributed by atoms with Gasteiger partial charge in [-0.3, -0.25) is 30.3 Å². The lowest BCUT2D eigenvalue weighted by atomic mass is 10.1. The minimum absolute atomic E-state index is 0.391. The fourth-order valence-electron chi connectivity index (χ4n) is 1.14. The van der Waals surface area contributed by atoms with E-state index in [0.717, 1.165) is 18.2 Å². The van der Waals surface area contributed by atoms with E-state index in [2.05, 4.69) is 0 Å². The second kappa shape index (κ2) is 4.70. The summed E-state index contributed by atoms with van der Waals surface area (Å²) >= 11 is 5.54. The second-order valence-electron chi connectivity index (χ2n) is 2.91. The Labute approximate surface area is 98.1 Å². The molecular formula is C7H4ClN3O6. The van der Waals surface area contributed by atoms with Crippen LogP contribution in [0.1, 0.15) is 11.7 Å². The van der Waals surface area contributed by atoms with E-state index in [1.807, 2.05) is 0 Å². The van der Waals surface area contributed by atoms with Crippen molar-refractivity contribution in [2.75, 3.05) is 0 Å². The predicted molar refractivity (Wildman–Crippen MR) is 54.8 cm³/mol. The fraction of sp³-hybridized carbons (Fsp3) is 0.143. The van der Waals surface area contributed by atoms with Gasteiger partial charge in [0, 0.05) is 12.1 Å². The third-order valence-electron chi connectivity index (χ3n) is 1.87. The van der Waals surface area contributed by atoms with Gasteiger partial charge in [-0.25, -0.2) is 0 Å². The Balaban J connectivity index is 3.27. The normalized spacial score (nSPS) is 10.2. The van der Waals surface area contributed by atoms with Gasteiger partial charge in [0.1, 0.15) is 15.4 Å². The van der Waals surface area contributed by atoms with Gasteiger partial charge in [-0.15, -0.1) is 0 Å². The molecule has 0 bridgehead atoms. The van der Waals surface area contributed by atoms with Gasteiger partial charge in [-0.05, 0) is 6.07 Å². The van der Waals surface area contributed by atoms with E-state index in [0.29, 0.717) is 0 Å². The van der Waals surface area contributed by atoms with Crippen LogP contribution in [-0.2, 0) is 0 Å². The average molecular weight is 262 g/mol. The van der Waals surface area contributed by atoms with Gasteiger partial charge in [0.25, 0.3) is 5.69 Å². The molecule has 10 heteroatoms. The topological polar surface area (TPSA) is 129 Å². The Morgan fingerprint density at radius 2 is 1.59 bits per heavy atom. The molecule has 0 heterocycles. The Morgan fingerprint density at radius 3 is 1.94 bits per heavy atom. The standard InChI is InChI=1S/C7H4ClN3O6/c8-6-3-4(9(12)13)1-2-5(6)7(10(14)15)11(16)17/h1-3,7H. The highest BCUT2D eigenvalue weighted by Crippen LogP contribution is 2.29. The quantitative estimate of drug-likeness (QED) is 0.461. The van der Waals surface area contributed by atoms with Crippen molar-refractivity contribution in [1.82, 2.24) is 0 Å². The lowest BCUT2D eigenvalue weighted by molar-refractivity contribution is -0.752. The average Bonchev–Trinajstić information content (AvgIpc) is 2.19. The molecule has 0 aliphatic carbocycles. The first-order valence-corrected chi connectivity index (χ1v) is 4.43. The van der Waals surface area contributed by atoms with Crippen LogP contribution in [0.2, 0.25) is 5.02 Å². The Morgan fingerprint density at radius 1 is 1.06 bits per heavy atom. The molecule has 0 amide bonds. The van der Waals surface area contributed by atoms with Crippen molar-refractivity contribution in [3.05, 3.63) is 59.1 Å². The highest BCUT2D eigenvalue weighted by Gasteiger charge is 2.37. The van der Waals surface area contributed by atoms with Crippen LogP contribution in [0, 0.1) is 30.3 Å². The zero-order chi connectivity index (χ0) is 13.2. The molecular weight excluding hydrogens is 258 g/mol. The first kappa shape index (κ1) is 12.8. The minimum atomic E-state index is -2.23. The zero-order valence-electron chi connectivity index (χ0n) is 7.98. The third kappa shape index (κ3) is 2.64. The molecule has 0 saturated carbocycles. The number of nitro groups is 3. The summed E-state index contributed by atoms with van der Waals surface area (Å²) in [4.78, 5) is 28.3. The van der Waals surface area contributed by atoms with Crippen LogP contribution in [0.5, 0.6) is 0 Å².